The van der Waals surface area contributed by atoms with Crippen LogP contribution in [0.5, 0.6) is 0 Å². The topological polar surface area (TPSA) is 57.8 Å². The first kappa shape index (κ1) is 16.1. The van der Waals surface area contributed by atoms with Crippen LogP contribution in [0.15, 0.2) is 0 Å². The van der Waals surface area contributed by atoms with E-state index in [4.69, 9.17) is 0 Å². The van der Waals surface area contributed by atoms with Crippen LogP contribution in [0.1, 0.15) is 74.6 Å². The number of nitrogens with zero attached hydrogens (tertiary/aromatic N) is 1. The number of aryl methyl sites for hydroxylation is 2. The van der Waals surface area contributed by atoms with E-state index in [0.717, 1.165) is 30.1 Å². The van der Waals surface area contributed by atoms with E-state index < -0.39 is 0 Å². The van der Waals surface area contributed by atoms with E-state index in [1.165, 1.54) is 19.3 Å². The highest BCUT2D eigenvalue weighted by Gasteiger charge is 2.32. The van der Waals surface area contributed by atoms with E-state index in [9.17, 15) is 4.79 Å². The highest BCUT2D eigenvalue weighted by atomic mass is 16.1. The molecule has 118 valence electrons. The van der Waals surface area contributed by atoms with Gasteiger partial charge in [-0.3, -0.25) is 9.89 Å². The molecular formula is C17H29N3O. The first-order valence-corrected chi connectivity index (χ1v) is 8.17. The van der Waals surface area contributed by atoms with Gasteiger partial charge in [-0.2, -0.15) is 5.10 Å². The maximum Gasteiger partial charge on any atom is 0.255 e. The Hall–Kier alpha value is -1.32. The van der Waals surface area contributed by atoms with Crippen molar-refractivity contribution in [1.29, 1.82) is 0 Å². The van der Waals surface area contributed by atoms with Gasteiger partial charge in [0.25, 0.3) is 5.91 Å². The molecule has 1 aliphatic carbocycles. The SMILES string of the molecule is CCC(C)(C)C1CCC(NC(=O)c2c(C)n[nH]c2C)CC1. The van der Waals surface area contributed by atoms with Crippen LogP contribution in [0.2, 0.25) is 0 Å². The Bertz CT molecular complexity index is 477. The van der Waals surface area contributed by atoms with Gasteiger partial charge in [-0.05, 0) is 50.9 Å². The van der Waals surface area contributed by atoms with Crippen LogP contribution in [0.25, 0.3) is 0 Å². The lowest BCUT2D eigenvalue weighted by atomic mass is 9.69. The van der Waals surface area contributed by atoms with Gasteiger partial charge in [0.2, 0.25) is 0 Å². The number of carbonyl (C=O) groups is 1. The van der Waals surface area contributed by atoms with Crippen molar-refractivity contribution in [2.24, 2.45) is 11.3 Å². The highest BCUT2D eigenvalue weighted by Crippen LogP contribution is 2.40. The summed E-state index contributed by atoms with van der Waals surface area (Å²) < 4.78 is 0. The van der Waals surface area contributed by atoms with Crippen molar-refractivity contribution in [3.63, 3.8) is 0 Å². The number of aromatic amines is 1. The summed E-state index contributed by atoms with van der Waals surface area (Å²) >= 11 is 0. The zero-order valence-corrected chi connectivity index (χ0v) is 14.0. The van der Waals surface area contributed by atoms with Gasteiger partial charge in [0.05, 0.1) is 11.3 Å². The number of amides is 1. The molecule has 0 unspecified atom stereocenters. The molecule has 2 rings (SSSR count). The molecule has 1 amide bonds. The van der Waals surface area contributed by atoms with Gasteiger partial charge in [-0.15, -0.1) is 0 Å². The summed E-state index contributed by atoms with van der Waals surface area (Å²) in [5.74, 6) is 0.810. The molecule has 4 heteroatoms. The Kier molecular flexibility index (Phi) is 4.74. The van der Waals surface area contributed by atoms with Crippen molar-refractivity contribution in [1.82, 2.24) is 15.5 Å². The Labute approximate surface area is 128 Å². The monoisotopic (exact) mass is 291 g/mol. The van der Waals surface area contributed by atoms with E-state index in [1.54, 1.807) is 0 Å². The van der Waals surface area contributed by atoms with Gasteiger partial charge in [0.1, 0.15) is 0 Å². The number of rotatable bonds is 4. The van der Waals surface area contributed by atoms with E-state index in [2.05, 4.69) is 36.3 Å². The summed E-state index contributed by atoms with van der Waals surface area (Å²) in [4.78, 5) is 12.4. The molecule has 2 N–H and O–H groups in total. The lowest BCUT2D eigenvalue weighted by Crippen LogP contribution is -2.40. The fourth-order valence-electron chi connectivity index (χ4n) is 3.45. The molecule has 0 spiro atoms. The normalized spacial score (nSPS) is 23.1. The van der Waals surface area contributed by atoms with E-state index in [1.807, 2.05) is 13.8 Å². The zero-order chi connectivity index (χ0) is 15.6. The van der Waals surface area contributed by atoms with Gasteiger partial charge in [0, 0.05) is 11.7 Å². The predicted octanol–water partition coefficient (Wildman–Crippen LogP) is 3.75. The Balaban J connectivity index is 1.91. The lowest BCUT2D eigenvalue weighted by Gasteiger charge is -2.39. The van der Waals surface area contributed by atoms with Crippen molar-refractivity contribution in [2.75, 3.05) is 0 Å². The minimum Gasteiger partial charge on any atom is -0.349 e. The molecule has 1 aromatic heterocycles. The fraction of sp³-hybridized carbons (Fsp3) is 0.765. The summed E-state index contributed by atoms with van der Waals surface area (Å²) in [6.45, 7) is 10.8. The highest BCUT2D eigenvalue weighted by molar-refractivity contribution is 5.96. The molecule has 0 saturated heterocycles. The second-order valence-corrected chi connectivity index (χ2v) is 7.17. The van der Waals surface area contributed by atoms with Gasteiger partial charge >= 0.3 is 0 Å². The summed E-state index contributed by atoms with van der Waals surface area (Å²) in [6.07, 6.45) is 5.85. The number of aromatic nitrogens is 2. The quantitative estimate of drug-likeness (QED) is 0.887. The molecule has 1 saturated carbocycles. The predicted molar refractivity (Wildman–Crippen MR) is 85.3 cm³/mol. The average molecular weight is 291 g/mol. The van der Waals surface area contributed by atoms with Gasteiger partial charge in [-0.25, -0.2) is 0 Å². The average Bonchev–Trinajstić information content (AvgIpc) is 2.78. The number of nitrogens with one attached hydrogen (secondary N) is 2. The molecule has 0 atom stereocenters. The van der Waals surface area contributed by atoms with Crippen LogP contribution in [0.4, 0.5) is 0 Å². The smallest absolute Gasteiger partial charge is 0.255 e. The number of carbonyl (C=O) groups excluding carboxylic acids is 1. The fourth-order valence-corrected chi connectivity index (χ4v) is 3.45. The third kappa shape index (κ3) is 3.47. The second-order valence-electron chi connectivity index (χ2n) is 7.17. The van der Waals surface area contributed by atoms with Crippen molar-refractivity contribution in [3.8, 4) is 0 Å². The minimum absolute atomic E-state index is 0.0250. The Morgan fingerprint density at radius 2 is 1.90 bits per heavy atom. The standard InChI is InChI=1S/C17H29N3O/c1-6-17(4,5)13-7-9-14(10-8-13)18-16(21)15-11(2)19-20-12(15)3/h13-14H,6-10H2,1-5H3,(H,18,21)(H,19,20). The van der Waals surface area contributed by atoms with Gasteiger partial charge in [0.15, 0.2) is 0 Å². The van der Waals surface area contributed by atoms with E-state index >= 15 is 0 Å². The summed E-state index contributed by atoms with van der Waals surface area (Å²) in [5.41, 5.74) is 2.77. The molecule has 1 aliphatic rings. The lowest BCUT2D eigenvalue weighted by molar-refractivity contribution is 0.0892. The molecule has 0 aliphatic heterocycles. The maximum absolute atomic E-state index is 12.4. The molecule has 21 heavy (non-hydrogen) atoms. The Morgan fingerprint density at radius 1 is 1.29 bits per heavy atom. The zero-order valence-electron chi connectivity index (χ0n) is 14.0. The molecule has 0 bridgehead atoms. The molecule has 0 radical (unpaired) electrons. The molecular weight excluding hydrogens is 262 g/mol. The van der Waals surface area contributed by atoms with E-state index in [0.29, 0.717) is 17.0 Å². The first-order chi connectivity index (χ1) is 9.85. The van der Waals surface area contributed by atoms with Crippen molar-refractivity contribution in [2.45, 2.75) is 72.8 Å². The van der Waals surface area contributed by atoms with Crippen LogP contribution in [-0.2, 0) is 0 Å². The minimum atomic E-state index is 0.0250. The number of hydrogen-bond acceptors (Lipinski definition) is 2. The summed E-state index contributed by atoms with van der Waals surface area (Å²) in [6, 6.07) is 0.315. The van der Waals surface area contributed by atoms with Crippen LogP contribution < -0.4 is 5.32 Å². The van der Waals surface area contributed by atoms with Crippen LogP contribution in [0, 0.1) is 25.2 Å². The molecule has 1 aromatic rings. The van der Waals surface area contributed by atoms with Crippen molar-refractivity contribution < 1.29 is 4.79 Å². The molecule has 1 fully saturated rings. The van der Waals surface area contributed by atoms with Crippen LogP contribution in [-0.4, -0.2) is 22.1 Å². The summed E-state index contributed by atoms with van der Waals surface area (Å²) in [5, 5.41) is 10.2. The van der Waals surface area contributed by atoms with Crippen molar-refractivity contribution >= 4 is 5.91 Å². The third-order valence-electron chi connectivity index (χ3n) is 5.43. The molecule has 4 nitrogen and oxygen atoms in total. The molecule has 0 aromatic carbocycles. The number of hydrogen-bond donors (Lipinski definition) is 2. The van der Waals surface area contributed by atoms with E-state index in [-0.39, 0.29) is 5.91 Å². The number of H-pyrrole nitrogens is 1. The Morgan fingerprint density at radius 3 is 2.38 bits per heavy atom. The van der Waals surface area contributed by atoms with Gasteiger partial charge < -0.3 is 5.32 Å². The van der Waals surface area contributed by atoms with Crippen molar-refractivity contribution in [3.05, 3.63) is 17.0 Å². The maximum atomic E-state index is 12.4. The van der Waals surface area contributed by atoms with Gasteiger partial charge in [-0.1, -0.05) is 27.2 Å². The largest absolute Gasteiger partial charge is 0.349 e. The van der Waals surface area contributed by atoms with Crippen LogP contribution >= 0.6 is 0 Å². The van der Waals surface area contributed by atoms with Crippen LogP contribution in [0.3, 0.4) is 0 Å². The second kappa shape index (κ2) is 6.20. The third-order valence-corrected chi connectivity index (χ3v) is 5.43. The molecule has 1 heterocycles. The first-order valence-electron chi connectivity index (χ1n) is 8.17. The summed E-state index contributed by atoms with van der Waals surface area (Å²) in [7, 11) is 0.